The number of carbonyl (C=O) groups is 1. The van der Waals surface area contributed by atoms with Gasteiger partial charge in [0, 0.05) is 6.07 Å². The molecule has 3 atom stereocenters. The molecule has 0 N–H and O–H groups in total. The third-order valence-corrected chi connectivity index (χ3v) is 5.43. The Labute approximate surface area is 182 Å². The van der Waals surface area contributed by atoms with Crippen LogP contribution in [0.1, 0.15) is 25.6 Å². The number of halogens is 4. The predicted octanol–water partition coefficient (Wildman–Crippen LogP) is 5.94. The molecule has 1 fully saturated rings. The average Bonchev–Trinajstić information content (AvgIpc) is 3.26. The molecule has 1 saturated carbocycles. The van der Waals surface area contributed by atoms with Gasteiger partial charge in [0.2, 0.25) is 12.0 Å². The molecule has 0 bridgehead atoms. The van der Waals surface area contributed by atoms with Crippen molar-refractivity contribution in [1.29, 1.82) is 5.26 Å². The third-order valence-electron chi connectivity index (χ3n) is 5.09. The summed E-state index contributed by atoms with van der Waals surface area (Å²) in [5, 5.41) is 8.18. The molecule has 1 aromatic heterocycles. The van der Waals surface area contributed by atoms with Gasteiger partial charge in [-0.1, -0.05) is 55.8 Å². The summed E-state index contributed by atoms with van der Waals surface area (Å²) in [5.41, 5.74) is -0.642. The zero-order valence-corrected chi connectivity index (χ0v) is 17.3. The van der Waals surface area contributed by atoms with Crippen molar-refractivity contribution >= 4 is 17.6 Å². The van der Waals surface area contributed by atoms with Crippen LogP contribution >= 0.6 is 11.6 Å². The number of pyridine rings is 1. The first-order valence-electron chi connectivity index (χ1n) is 9.28. The van der Waals surface area contributed by atoms with E-state index in [1.807, 2.05) is 12.1 Å². The summed E-state index contributed by atoms with van der Waals surface area (Å²) in [6, 6.07) is 15.4. The highest BCUT2D eigenvalue weighted by Gasteiger charge is 2.62. The summed E-state index contributed by atoms with van der Waals surface area (Å²) in [7, 11) is 0. The van der Waals surface area contributed by atoms with Crippen LogP contribution < -0.4 is 4.74 Å². The molecule has 162 valence electrons. The van der Waals surface area contributed by atoms with Crippen LogP contribution in [0.2, 0.25) is 0 Å². The van der Waals surface area contributed by atoms with Crippen molar-refractivity contribution in [3.63, 3.8) is 0 Å². The van der Waals surface area contributed by atoms with Gasteiger partial charge in [0.1, 0.15) is 16.9 Å². The number of ether oxygens (including phenoxy) is 2. The zero-order valence-electron chi connectivity index (χ0n) is 16.6. The Morgan fingerprint density at radius 1 is 1.23 bits per heavy atom. The first kappa shape index (κ1) is 22.6. The van der Waals surface area contributed by atoms with Gasteiger partial charge in [-0.05, 0) is 29.5 Å². The van der Waals surface area contributed by atoms with Gasteiger partial charge < -0.3 is 9.47 Å². The van der Waals surface area contributed by atoms with Crippen LogP contribution in [0.15, 0.2) is 59.6 Å². The van der Waals surface area contributed by atoms with E-state index in [2.05, 4.69) is 4.98 Å². The molecule has 0 amide bonds. The maximum Gasteiger partial charge on any atom is 0.426 e. The Hall–Kier alpha value is -3.05. The van der Waals surface area contributed by atoms with Gasteiger partial charge in [-0.3, -0.25) is 4.79 Å². The largest absolute Gasteiger partial charge is 0.440 e. The number of nitrogens with zero attached hydrogens (tertiary/aromatic N) is 2. The molecule has 3 rings (SSSR count). The molecule has 0 radical (unpaired) electrons. The molecule has 0 saturated heterocycles. The lowest BCUT2D eigenvalue weighted by Gasteiger charge is -2.12. The molecule has 1 aromatic carbocycles. The number of carbonyl (C=O) groups excluding carboxylic acids is 1. The Morgan fingerprint density at radius 3 is 2.52 bits per heavy atom. The van der Waals surface area contributed by atoms with E-state index in [1.54, 1.807) is 50.2 Å². The highest BCUT2D eigenvalue weighted by molar-refractivity contribution is 6.30. The number of alkyl halides is 3. The number of hydrogen-bond acceptors (Lipinski definition) is 5. The van der Waals surface area contributed by atoms with E-state index >= 15 is 0 Å². The summed E-state index contributed by atoms with van der Waals surface area (Å²) >= 11 is 5.31. The fourth-order valence-electron chi connectivity index (χ4n) is 3.28. The minimum Gasteiger partial charge on any atom is -0.440 e. The summed E-state index contributed by atoms with van der Waals surface area (Å²) in [4.78, 5) is 16.8. The fraction of sp³-hybridized carbons (Fsp3) is 0.318. The Bertz CT molecular complexity index is 1030. The molecule has 9 heteroatoms. The van der Waals surface area contributed by atoms with E-state index in [-0.39, 0.29) is 11.6 Å². The molecule has 0 aliphatic heterocycles. The number of allylic oxidation sites excluding steroid dienone is 2. The van der Waals surface area contributed by atoms with Crippen molar-refractivity contribution in [2.75, 3.05) is 0 Å². The van der Waals surface area contributed by atoms with Crippen LogP contribution in [0.4, 0.5) is 13.2 Å². The second-order valence-electron chi connectivity index (χ2n) is 7.60. The van der Waals surface area contributed by atoms with Crippen molar-refractivity contribution < 1.29 is 27.4 Å². The van der Waals surface area contributed by atoms with Gasteiger partial charge in [0.25, 0.3) is 0 Å². The molecule has 2 aromatic rings. The standard InChI is InChI=1S/C22H18ClF3N2O3/c1-21(2)14(11-17(23)22(24,25)26)19(21)20(29)31-16(12-27)15-9-6-10-18(28-15)30-13-7-4-3-5-8-13/h3-11,14,16,19H,1-2H3/b17-11-/t14-,16-,19-/m0/s1. The maximum absolute atomic E-state index is 12.7. The van der Waals surface area contributed by atoms with E-state index < -0.39 is 40.5 Å². The van der Waals surface area contributed by atoms with Gasteiger partial charge in [0.15, 0.2) is 0 Å². The van der Waals surface area contributed by atoms with Gasteiger partial charge in [-0.25, -0.2) is 4.98 Å². The number of aromatic nitrogens is 1. The van der Waals surface area contributed by atoms with Crippen molar-refractivity contribution in [1.82, 2.24) is 4.98 Å². The second-order valence-corrected chi connectivity index (χ2v) is 8.01. The van der Waals surface area contributed by atoms with E-state index in [0.29, 0.717) is 5.75 Å². The molecule has 0 unspecified atom stereocenters. The van der Waals surface area contributed by atoms with Gasteiger partial charge >= 0.3 is 12.1 Å². The van der Waals surface area contributed by atoms with Crippen LogP contribution in [0, 0.1) is 28.6 Å². The number of benzene rings is 1. The summed E-state index contributed by atoms with van der Waals surface area (Å²) in [6.45, 7) is 3.27. The Morgan fingerprint density at radius 2 is 1.90 bits per heavy atom. The molecule has 1 aliphatic carbocycles. The van der Waals surface area contributed by atoms with Gasteiger partial charge in [-0.2, -0.15) is 18.4 Å². The SMILES string of the molecule is CC1(C)[C@H](C(=O)O[C@@H](C#N)c2cccc(Oc3ccccc3)n2)[C@@H]1/C=C(\Cl)C(F)(F)F. The molecular formula is C22H18ClF3N2O3. The summed E-state index contributed by atoms with van der Waals surface area (Å²) < 4.78 is 49.0. The zero-order chi connectivity index (χ0) is 22.8. The van der Waals surface area contributed by atoms with Crippen LogP contribution in [-0.2, 0) is 9.53 Å². The first-order chi connectivity index (χ1) is 14.5. The maximum atomic E-state index is 12.7. The van der Waals surface area contributed by atoms with Crippen LogP contribution in [0.5, 0.6) is 11.6 Å². The summed E-state index contributed by atoms with van der Waals surface area (Å²) in [6.07, 6.45) is -5.21. The quantitative estimate of drug-likeness (QED) is 0.509. The van der Waals surface area contributed by atoms with Crippen molar-refractivity contribution in [3.8, 4) is 17.7 Å². The second kappa shape index (κ2) is 8.60. The normalized spacial score (nSPS) is 21.0. The minimum atomic E-state index is -4.69. The van der Waals surface area contributed by atoms with Gasteiger partial charge in [-0.15, -0.1) is 0 Å². The predicted molar refractivity (Wildman–Crippen MR) is 106 cm³/mol. The van der Waals surface area contributed by atoms with Crippen LogP contribution in [0.3, 0.4) is 0 Å². The lowest BCUT2D eigenvalue weighted by Crippen LogP contribution is -2.15. The lowest BCUT2D eigenvalue weighted by atomic mass is 10.1. The average molecular weight is 451 g/mol. The van der Waals surface area contributed by atoms with Gasteiger partial charge in [0.05, 0.1) is 11.6 Å². The Balaban J connectivity index is 1.72. The summed E-state index contributed by atoms with van der Waals surface area (Å²) in [5.74, 6) is -1.67. The van der Waals surface area contributed by atoms with Crippen molar-refractivity contribution in [3.05, 3.63) is 65.3 Å². The number of nitriles is 1. The van der Waals surface area contributed by atoms with E-state index in [4.69, 9.17) is 21.1 Å². The number of hydrogen-bond donors (Lipinski definition) is 0. The van der Waals surface area contributed by atoms with E-state index in [9.17, 15) is 23.2 Å². The highest BCUT2D eigenvalue weighted by Crippen LogP contribution is 2.60. The van der Waals surface area contributed by atoms with Crippen molar-refractivity contribution in [2.24, 2.45) is 17.3 Å². The van der Waals surface area contributed by atoms with Crippen LogP contribution in [-0.4, -0.2) is 17.1 Å². The number of esters is 1. The molecular weight excluding hydrogens is 433 g/mol. The number of rotatable bonds is 6. The molecule has 0 spiro atoms. The molecule has 1 aliphatic rings. The van der Waals surface area contributed by atoms with E-state index in [1.165, 1.54) is 6.07 Å². The van der Waals surface area contributed by atoms with E-state index in [0.717, 1.165) is 6.08 Å². The monoisotopic (exact) mass is 450 g/mol. The molecule has 1 heterocycles. The third kappa shape index (κ3) is 5.17. The number of para-hydroxylation sites is 1. The minimum absolute atomic E-state index is 0.142. The highest BCUT2D eigenvalue weighted by atomic mass is 35.5. The van der Waals surface area contributed by atoms with Crippen LogP contribution in [0.25, 0.3) is 0 Å². The fourth-order valence-corrected chi connectivity index (χ4v) is 3.41. The molecule has 31 heavy (non-hydrogen) atoms. The topological polar surface area (TPSA) is 72.2 Å². The molecule has 5 nitrogen and oxygen atoms in total. The smallest absolute Gasteiger partial charge is 0.426 e. The van der Waals surface area contributed by atoms with Crippen molar-refractivity contribution in [2.45, 2.75) is 26.1 Å². The lowest BCUT2D eigenvalue weighted by molar-refractivity contribution is -0.149. The first-order valence-corrected chi connectivity index (χ1v) is 9.66. The Kier molecular flexibility index (Phi) is 6.27.